The largest absolute Gasteiger partial charge is 0.481 e. The van der Waals surface area contributed by atoms with Gasteiger partial charge in [0, 0.05) is 23.6 Å². The molecule has 1 N–H and O–H groups in total. The van der Waals surface area contributed by atoms with Crippen LogP contribution in [0.25, 0.3) is 10.9 Å². The van der Waals surface area contributed by atoms with Crippen molar-refractivity contribution in [1.29, 1.82) is 0 Å². The molecule has 0 spiro atoms. The normalized spacial score (nSPS) is 18.2. The first kappa shape index (κ1) is 13.2. The van der Waals surface area contributed by atoms with Gasteiger partial charge in [0.2, 0.25) is 0 Å². The Morgan fingerprint density at radius 2 is 2.25 bits per heavy atom. The summed E-state index contributed by atoms with van der Waals surface area (Å²) < 4.78 is 2.26. The molecule has 1 atom stereocenters. The SMILES string of the molecule is CCc1ccc2c(c1)c1c(n2C)CCCC1CC(=O)O. The molecule has 1 heterocycles. The minimum atomic E-state index is -0.688. The third-order valence-electron chi connectivity index (χ3n) is 4.63. The molecule has 0 aliphatic heterocycles. The Morgan fingerprint density at radius 3 is 2.95 bits per heavy atom. The number of aryl methyl sites for hydroxylation is 2. The fourth-order valence-corrected chi connectivity index (χ4v) is 3.63. The molecule has 3 nitrogen and oxygen atoms in total. The second-order valence-corrected chi connectivity index (χ2v) is 5.81. The Balaban J connectivity index is 2.21. The lowest BCUT2D eigenvalue weighted by Crippen LogP contribution is -2.14. The van der Waals surface area contributed by atoms with Crippen LogP contribution < -0.4 is 0 Å². The summed E-state index contributed by atoms with van der Waals surface area (Å²) in [5, 5.41) is 10.4. The van der Waals surface area contributed by atoms with E-state index in [9.17, 15) is 4.79 Å². The maximum absolute atomic E-state index is 11.1. The van der Waals surface area contributed by atoms with Crippen LogP contribution in [0.15, 0.2) is 18.2 Å². The van der Waals surface area contributed by atoms with E-state index in [0.717, 1.165) is 25.7 Å². The number of carbonyl (C=O) groups is 1. The Morgan fingerprint density at radius 1 is 1.45 bits per heavy atom. The standard InChI is InChI=1S/C17H21NO2/c1-3-11-7-8-14-13(9-11)17-12(10-16(19)20)5-4-6-15(17)18(14)2/h7-9,12H,3-6,10H2,1-2H3,(H,19,20). The molecular formula is C17H21NO2. The molecule has 0 amide bonds. The fourth-order valence-electron chi connectivity index (χ4n) is 3.63. The van der Waals surface area contributed by atoms with Crippen LogP contribution in [0.4, 0.5) is 0 Å². The van der Waals surface area contributed by atoms with E-state index in [1.165, 1.54) is 27.7 Å². The van der Waals surface area contributed by atoms with Gasteiger partial charge < -0.3 is 9.67 Å². The highest BCUT2D eigenvalue weighted by atomic mass is 16.4. The molecule has 1 aliphatic rings. The summed E-state index contributed by atoms with van der Waals surface area (Å²) in [4.78, 5) is 11.1. The van der Waals surface area contributed by atoms with Crippen LogP contribution in [-0.4, -0.2) is 15.6 Å². The van der Waals surface area contributed by atoms with Gasteiger partial charge >= 0.3 is 5.97 Å². The maximum atomic E-state index is 11.1. The third kappa shape index (κ3) is 2.01. The van der Waals surface area contributed by atoms with Crippen LogP contribution in [0.5, 0.6) is 0 Å². The average Bonchev–Trinajstić information content (AvgIpc) is 2.72. The molecule has 2 aromatic rings. The zero-order valence-corrected chi connectivity index (χ0v) is 12.1. The van der Waals surface area contributed by atoms with Crippen molar-refractivity contribution in [2.75, 3.05) is 0 Å². The number of nitrogens with zero attached hydrogens (tertiary/aromatic N) is 1. The molecule has 0 saturated carbocycles. The summed E-state index contributed by atoms with van der Waals surface area (Å²) in [6, 6.07) is 6.62. The zero-order valence-electron chi connectivity index (χ0n) is 12.1. The lowest BCUT2D eigenvalue weighted by molar-refractivity contribution is -0.137. The van der Waals surface area contributed by atoms with Crippen LogP contribution in [-0.2, 0) is 24.7 Å². The Hall–Kier alpha value is -1.77. The molecule has 1 aromatic heterocycles. The predicted octanol–water partition coefficient (Wildman–Crippen LogP) is 3.64. The molecule has 0 saturated heterocycles. The van der Waals surface area contributed by atoms with Crippen molar-refractivity contribution < 1.29 is 9.90 Å². The molecular weight excluding hydrogens is 250 g/mol. The summed E-state index contributed by atoms with van der Waals surface area (Å²) in [5.41, 5.74) is 5.20. The van der Waals surface area contributed by atoms with Crippen molar-refractivity contribution in [3.8, 4) is 0 Å². The van der Waals surface area contributed by atoms with E-state index in [-0.39, 0.29) is 12.3 Å². The predicted molar refractivity (Wildman–Crippen MR) is 80.2 cm³/mol. The minimum absolute atomic E-state index is 0.173. The Labute approximate surface area is 119 Å². The summed E-state index contributed by atoms with van der Waals surface area (Å²) in [5.74, 6) is -0.515. The number of aromatic nitrogens is 1. The van der Waals surface area contributed by atoms with Gasteiger partial charge in [-0.2, -0.15) is 0 Å². The smallest absolute Gasteiger partial charge is 0.303 e. The maximum Gasteiger partial charge on any atom is 0.303 e. The van der Waals surface area contributed by atoms with Gasteiger partial charge in [0.15, 0.2) is 0 Å². The van der Waals surface area contributed by atoms with Gasteiger partial charge in [-0.1, -0.05) is 13.0 Å². The first-order valence-corrected chi connectivity index (χ1v) is 7.43. The number of fused-ring (bicyclic) bond motifs is 3. The van der Waals surface area contributed by atoms with Crippen molar-refractivity contribution in [2.24, 2.45) is 7.05 Å². The van der Waals surface area contributed by atoms with Crippen molar-refractivity contribution in [3.05, 3.63) is 35.0 Å². The monoisotopic (exact) mass is 271 g/mol. The molecule has 0 bridgehead atoms. The molecule has 3 rings (SSSR count). The van der Waals surface area contributed by atoms with E-state index in [4.69, 9.17) is 5.11 Å². The Kier molecular flexibility index (Phi) is 3.28. The molecule has 1 unspecified atom stereocenters. The number of rotatable bonds is 3. The average molecular weight is 271 g/mol. The van der Waals surface area contributed by atoms with Gasteiger partial charge in [-0.3, -0.25) is 4.79 Å². The molecule has 3 heteroatoms. The molecule has 106 valence electrons. The summed E-state index contributed by atoms with van der Waals surface area (Å²) in [7, 11) is 2.11. The van der Waals surface area contributed by atoms with Crippen LogP contribution in [0.2, 0.25) is 0 Å². The van der Waals surface area contributed by atoms with Crippen molar-refractivity contribution in [3.63, 3.8) is 0 Å². The van der Waals surface area contributed by atoms with Crippen LogP contribution in [0.1, 0.15) is 48.9 Å². The first-order chi connectivity index (χ1) is 9.61. The van der Waals surface area contributed by atoms with Gasteiger partial charge in [-0.15, -0.1) is 0 Å². The van der Waals surface area contributed by atoms with Crippen LogP contribution in [0.3, 0.4) is 0 Å². The number of carboxylic acid groups (broad SMARTS) is 1. The highest BCUT2D eigenvalue weighted by Crippen LogP contribution is 2.40. The minimum Gasteiger partial charge on any atom is -0.481 e. The number of benzene rings is 1. The van der Waals surface area contributed by atoms with Gasteiger partial charge in [0.05, 0.1) is 6.42 Å². The summed E-state index contributed by atoms with van der Waals surface area (Å²) in [6.07, 6.45) is 4.42. The fraction of sp³-hybridized carbons (Fsp3) is 0.471. The number of hydrogen-bond acceptors (Lipinski definition) is 1. The number of hydrogen-bond donors (Lipinski definition) is 1. The van der Waals surface area contributed by atoms with E-state index in [2.05, 4.69) is 36.7 Å². The second-order valence-electron chi connectivity index (χ2n) is 5.81. The molecule has 20 heavy (non-hydrogen) atoms. The third-order valence-corrected chi connectivity index (χ3v) is 4.63. The van der Waals surface area contributed by atoms with Crippen molar-refractivity contribution in [2.45, 2.75) is 44.9 Å². The van der Waals surface area contributed by atoms with E-state index < -0.39 is 5.97 Å². The summed E-state index contributed by atoms with van der Waals surface area (Å²) >= 11 is 0. The molecule has 0 fully saturated rings. The molecule has 1 aromatic carbocycles. The van der Waals surface area contributed by atoms with Crippen LogP contribution >= 0.6 is 0 Å². The second kappa shape index (κ2) is 4.97. The van der Waals surface area contributed by atoms with Crippen LogP contribution in [0, 0.1) is 0 Å². The quantitative estimate of drug-likeness (QED) is 0.926. The van der Waals surface area contributed by atoms with Crippen molar-refractivity contribution in [1.82, 2.24) is 4.57 Å². The van der Waals surface area contributed by atoms with Crippen molar-refractivity contribution >= 4 is 16.9 Å². The zero-order chi connectivity index (χ0) is 14.3. The Bertz CT molecular complexity index is 669. The van der Waals surface area contributed by atoms with E-state index in [0.29, 0.717) is 0 Å². The number of carboxylic acids is 1. The van der Waals surface area contributed by atoms with Gasteiger partial charge in [-0.05, 0) is 54.9 Å². The van der Waals surface area contributed by atoms with Gasteiger partial charge in [0.1, 0.15) is 0 Å². The lowest BCUT2D eigenvalue weighted by atomic mass is 9.83. The van der Waals surface area contributed by atoms with Gasteiger partial charge in [0.25, 0.3) is 0 Å². The molecule has 1 aliphatic carbocycles. The topological polar surface area (TPSA) is 42.2 Å². The highest BCUT2D eigenvalue weighted by Gasteiger charge is 2.27. The number of aliphatic carboxylic acids is 1. The summed E-state index contributed by atoms with van der Waals surface area (Å²) in [6.45, 7) is 2.16. The first-order valence-electron chi connectivity index (χ1n) is 7.43. The van der Waals surface area contributed by atoms with E-state index in [1.807, 2.05) is 0 Å². The lowest BCUT2D eigenvalue weighted by Gasteiger charge is -2.22. The molecule has 0 radical (unpaired) electrons. The van der Waals surface area contributed by atoms with E-state index >= 15 is 0 Å². The van der Waals surface area contributed by atoms with E-state index in [1.54, 1.807) is 0 Å². The van der Waals surface area contributed by atoms with Gasteiger partial charge in [-0.25, -0.2) is 0 Å². The highest BCUT2D eigenvalue weighted by molar-refractivity contribution is 5.87.